The lowest BCUT2D eigenvalue weighted by molar-refractivity contribution is -0.384. The molecule has 0 amide bonds. The number of esters is 2. The van der Waals surface area contributed by atoms with Crippen molar-refractivity contribution in [2.75, 3.05) is 7.11 Å². The highest BCUT2D eigenvalue weighted by atomic mass is 35.5. The molecular weight excluding hydrogens is 404 g/mol. The molecule has 0 aromatic heterocycles. The second-order valence-electron chi connectivity index (χ2n) is 5.76. The predicted molar refractivity (Wildman–Crippen MR) is 103 cm³/mol. The lowest BCUT2D eigenvalue weighted by Crippen LogP contribution is -2.06. The molecule has 3 rings (SSSR count). The minimum atomic E-state index is -0.711. The van der Waals surface area contributed by atoms with Crippen molar-refractivity contribution >= 4 is 41.2 Å². The number of methoxy groups -OCH3 is 1. The molecule has 29 heavy (non-hydrogen) atoms. The van der Waals surface area contributed by atoms with Gasteiger partial charge < -0.3 is 14.2 Å². The van der Waals surface area contributed by atoms with Crippen molar-refractivity contribution < 1.29 is 28.7 Å². The highest BCUT2D eigenvalue weighted by Gasteiger charge is 2.26. The van der Waals surface area contributed by atoms with Crippen molar-refractivity contribution in [2.24, 2.45) is 4.99 Å². The number of cyclic esters (lactones) is 1. The van der Waals surface area contributed by atoms with Crippen LogP contribution in [-0.4, -0.2) is 29.9 Å². The van der Waals surface area contributed by atoms with Gasteiger partial charge in [0.2, 0.25) is 5.90 Å². The molecule has 9 nitrogen and oxygen atoms in total. The second-order valence-corrected chi connectivity index (χ2v) is 6.17. The van der Waals surface area contributed by atoms with Crippen LogP contribution in [0.25, 0.3) is 6.08 Å². The number of hydrogen-bond acceptors (Lipinski definition) is 8. The van der Waals surface area contributed by atoms with Crippen molar-refractivity contribution in [2.45, 2.75) is 6.92 Å². The molecular formula is C19H13ClN2O7. The lowest BCUT2D eigenvalue weighted by Gasteiger charge is -2.08. The van der Waals surface area contributed by atoms with E-state index in [9.17, 15) is 19.7 Å². The van der Waals surface area contributed by atoms with E-state index in [2.05, 4.69) is 4.99 Å². The van der Waals surface area contributed by atoms with E-state index in [1.807, 2.05) is 0 Å². The van der Waals surface area contributed by atoms with E-state index in [0.29, 0.717) is 11.3 Å². The molecule has 148 valence electrons. The van der Waals surface area contributed by atoms with Crippen LogP contribution >= 0.6 is 11.6 Å². The standard InChI is InChI=1S/C19H13ClN2O7/c1-10(23)28-16-6-3-11(8-17(16)27-2)7-15-19(24)29-18(21-15)13-5-4-12(22(25)26)9-14(13)20/h3-9H,1-2H3. The Balaban J connectivity index is 1.93. The lowest BCUT2D eigenvalue weighted by atomic mass is 10.1. The zero-order chi connectivity index (χ0) is 21.1. The van der Waals surface area contributed by atoms with Gasteiger partial charge in [-0.2, -0.15) is 0 Å². The third-order valence-corrected chi connectivity index (χ3v) is 4.07. The monoisotopic (exact) mass is 416 g/mol. The van der Waals surface area contributed by atoms with Gasteiger partial charge in [-0.1, -0.05) is 17.7 Å². The molecule has 0 fully saturated rings. The maximum Gasteiger partial charge on any atom is 0.363 e. The summed E-state index contributed by atoms with van der Waals surface area (Å²) in [5.41, 5.74) is 0.595. The number of ether oxygens (including phenoxy) is 3. The topological polar surface area (TPSA) is 117 Å². The Kier molecular flexibility index (Phi) is 5.60. The second kappa shape index (κ2) is 8.11. The maximum atomic E-state index is 12.2. The van der Waals surface area contributed by atoms with E-state index in [0.717, 1.165) is 6.07 Å². The fourth-order valence-electron chi connectivity index (χ4n) is 2.49. The Bertz CT molecular complexity index is 1090. The number of benzene rings is 2. The summed E-state index contributed by atoms with van der Waals surface area (Å²) in [5, 5.41) is 10.8. The zero-order valence-corrected chi connectivity index (χ0v) is 15.9. The minimum Gasteiger partial charge on any atom is -0.493 e. The summed E-state index contributed by atoms with van der Waals surface area (Å²) >= 11 is 6.05. The average Bonchev–Trinajstić information content (AvgIpc) is 3.02. The number of carbonyl (C=O) groups excluding carboxylic acids is 2. The van der Waals surface area contributed by atoms with Crippen LogP contribution in [0.15, 0.2) is 47.1 Å². The highest BCUT2D eigenvalue weighted by molar-refractivity contribution is 6.34. The predicted octanol–water partition coefficient (Wildman–Crippen LogP) is 3.53. The number of rotatable bonds is 5. The molecule has 0 bridgehead atoms. The van der Waals surface area contributed by atoms with Crippen LogP contribution in [0.5, 0.6) is 11.5 Å². The van der Waals surface area contributed by atoms with E-state index in [1.54, 1.807) is 12.1 Å². The third-order valence-electron chi connectivity index (χ3n) is 3.76. The number of nitro groups is 1. The number of non-ortho nitro benzene ring substituents is 1. The van der Waals surface area contributed by atoms with E-state index in [-0.39, 0.29) is 33.6 Å². The number of carbonyl (C=O) groups is 2. The first-order chi connectivity index (χ1) is 13.8. The zero-order valence-electron chi connectivity index (χ0n) is 15.2. The summed E-state index contributed by atoms with van der Waals surface area (Å²) in [4.78, 5) is 37.6. The molecule has 0 atom stereocenters. The largest absolute Gasteiger partial charge is 0.493 e. The van der Waals surface area contributed by atoms with E-state index in [4.69, 9.17) is 25.8 Å². The molecule has 2 aromatic carbocycles. The molecule has 0 spiro atoms. The molecule has 0 N–H and O–H groups in total. The van der Waals surface area contributed by atoms with Crippen molar-refractivity contribution in [3.05, 3.63) is 68.4 Å². The number of hydrogen-bond donors (Lipinski definition) is 0. The summed E-state index contributed by atoms with van der Waals surface area (Å²) in [6, 6.07) is 8.42. The Morgan fingerprint density at radius 2 is 2.00 bits per heavy atom. The minimum absolute atomic E-state index is 0.00305. The van der Waals surface area contributed by atoms with E-state index >= 15 is 0 Å². The summed E-state index contributed by atoms with van der Waals surface area (Å²) in [7, 11) is 1.41. The first-order valence-corrected chi connectivity index (χ1v) is 8.49. The number of nitro benzene ring substituents is 1. The molecule has 0 saturated carbocycles. The van der Waals surface area contributed by atoms with E-state index in [1.165, 1.54) is 38.3 Å². The van der Waals surface area contributed by atoms with Gasteiger partial charge in [-0.05, 0) is 29.8 Å². The van der Waals surface area contributed by atoms with Gasteiger partial charge in [-0.15, -0.1) is 0 Å². The summed E-state index contributed by atoms with van der Waals surface area (Å²) in [5.74, 6) is -0.744. The number of nitrogens with zero attached hydrogens (tertiary/aromatic N) is 2. The van der Waals surface area contributed by atoms with Crippen molar-refractivity contribution in [3.8, 4) is 11.5 Å². The Morgan fingerprint density at radius 3 is 2.62 bits per heavy atom. The van der Waals surface area contributed by atoms with Crippen LogP contribution in [0.3, 0.4) is 0 Å². The molecule has 1 heterocycles. The first-order valence-electron chi connectivity index (χ1n) is 8.12. The van der Waals surface area contributed by atoms with Gasteiger partial charge in [0.1, 0.15) is 0 Å². The van der Waals surface area contributed by atoms with Gasteiger partial charge in [0.15, 0.2) is 17.2 Å². The van der Waals surface area contributed by atoms with Crippen molar-refractivity contribution in [1.82, 2.24) is 0 Å². The van der Waals surface area contributed by atoms with Crippen molar-refractivity contribution in [3.63, 3.8) is 0 Å². The first kappa shape index (κ1) is 20.0. The van der Waals surface area contributed by atoms with Gasteiger partial charge in [-0.25, -0.2) is 9.79 Å². The quantitative estimate of drug-likeness (QED) is 0.240. The van der Waals surface area contributed by atoms with Crippen LogP contribution < -0.4 is 9.47 Å². The summed E-state index contributed by atoms with van der Waals surface area (Å²) < 4.78 is 15.3. The van der Waals surface area contributed by atoms with Gasteiger partial charge in [0.25, 0.3) is 5.69 Å². The highest BCUT2D eigenvalue weighted by Crippen LogP contribution is 2.31. The molecule has 1 aliphatic heterocycles. The molecule has 0 unspecified atom stereocenters. The van der Waals surface area contributed by atoms with Gasteiger partial charge in [0.05, 0.1) is 22.6 Å². The SMILES string of the molecule is COc1cc(C=C2N=C(c3ccc([N+](=O)[O-])cc3Cl)OC2=O)ccc1OC(C)=O. The molecule has 0 aliphatic carbocycles. The molecule has 1 aliphatic rings. The van der Waals surface area contributed by atoms with Crippen LogP contribution in [0.1, 0.15) is 18.1 Å². The van der Waals surface area contributed by atoms with Crippen molar-refractivity contribution in [1.29, 1.82) is 0 Å². The average molecular weight is 417 g/mol. The van der Waals surface area contributed by atoms with Crippen LogP contribution in [0, 0.1) is 10.1 Å². The molecule has 0 radical (unpaired) electrons. The maximum absolute atomic E-state index is 12.2. The molecule has 0 saturated heterocycles. The number of halogens is 1. The number of aliphatic imine (C=N–C) groups is 1. The van der Waals surface area contributed by atoms with E-state index < -0.39 is 16.9 Å². The fraction of sp³-hybridized carbons (Fsp3) is 0.105. The molecule has 10 heteroatoms. The van der Waals surface area contributed by atoms with Crippen LogP contribution in [0.2, 0.25) is 5.02 Å². The summed E-state index contributed by atoms with van der Waals surface area (Å²) in [6.07, 6.45) is 1.45. The van der Waals surface area contributed by atoms with Gasteiger partial charge in [0, 0.05) is 19.1 Å². The van der Waals surface area contributed by atoms with Gasteiger partial charge >= 0.3 is 11.9 Å². The Morgan fingerprint density at radius 1 is 1.24 bits per heavy atom. The molecule has 2 aromatic rings. The summed E-state index contributed by atoms with van der Waals surface area (Å²) in [6.45, 7) is 1.27. The van der Waals surface area contributed by atoms with Crippen LogP contribution in [-0.2, 0) is 14.3 Å². The van der Waals surface area contributed by atoms with Crippen LogP contribution in [0.4, 0.5) is 5.69 Å². The third kappa shape index (κ3) is 4.41. The fourth-order valence-corrected chi connectivity index (χ4v) is 2.74. The Labute approximate surface area is 169 Å². The smallest absolute Gasteiger partial charge is 0.363 e. The normalized spacial score (nSPS) is 14.4. The van der Waals surface area contributed by atoms with Gasteiger partial charge in [-0.3, -0.25) is 14.9 Å². The Hall–Kier alpha value is -3.72.